The van der Waals surface area contributed by atoms with E-state index >= 15 is 0 Å². The first-order valence-electron chi connectivity index (χ1n) is 9.82. The molecular formula is C25H23N3S. The van der Waals surface area contributed by atoms with E-state index in [0.29, 0.717) is 0 Å². The second-order valence-corrected chi connectivity index (χ2v) is 9.53. The number of pyridine rings is 2. The summed E-state index contributed by atoms with van der Waals surface area (Å²) in [5.74, 6) is 0. The highest BCUT2D eigenvalue weighted by Gasteiger charge is 2.20. The minimum absolute atomic E-state index is 0.0206. The minimum Gasteiger partial charge on any atom is -0.298 e. The zero-order valence-corrected chi connectivity index (χ0v) is 18.0. The maximum absolute atomic E-state index is 4.95. The van der Waals surface area contributed by atoms with Crippen LogP contribution in [0.3, 0.4) is 0 Å². The molecule has 29 heavy (non-hydrogen) atoms. The van der Waals surface area contributed by atoms with E-state index in [1.54, 1.807) is 11.3 Å². The summed E-state index contributed by atoms with van der Waals surface area (Å²) in [6.45, 7) is 12.7. The number of aryl methyl sites for hydroxylation is 1. The summed E-state index contributed by atoms with van der Waals surface area (Å²) < 4.78 is 3.47. The summed E-state index contributed by atoms with van der Waals surface area (Å²) >= 11 is 1.80. The summed E-state index contributed by atoms with van der Waals surface area (Å²) in [5.41, 5.74) is 6.39. The van der Waals surface area contributed by atoms with Crippen molar-refractivity contribution in [1.29, 1.82) is 0 Å². The molecule has 5 aromatic rings. The third-order valence-electron chi connectivity index (χ3n) is 5.45. The molecule has 4 heteroatoms. The molecule has 0 unspecified atom stereocenters. The Balaban J connectivity index is 1.81. The Kier molecular flexibility index (Phi) is 3.90. The Labute approximate surface area is 174 Å². The van der Waals surface area contributed by atoms with Crippen LogP contribution in [0.4, 0.5) is 0 Å². The van der Waals surface area contributed by atoms with Gasteiger partial charge in [-0.05, 0) is 31.2 Å². The Morgan fingerprint density at radius 2 is 1.79 bits per heavy atom. The first-order chi connectivity index (χ1) is 13.9. The number of benzene rings is 1. The summed E-state index contributed by atoms with van der Waals surface area (Å²) in [6, 6.07) is 14.9. The molecule has 0 saturated carbocycles. The highest BCUT2D eigenvalue weighted by atomic mass is 32.1. The fourth-order valence-electron chi connectivity index (χ4n) is 3.95. The van der Waals surface area contributed by atoms with Crippen molar-refractivity contribution in [3.63, 3.8) is 0 Å². The second-order valence-electron chi connectivity index (χ2n) is 8.48. The number of thiophene rings is 1. The van der Waals surface area contributed by atoms with Gasteiger partial charge in [-0.15, -0.1) is 11.3 Å². The minimum atomic E-state index is 0.0206. The average molecular weight is 398 g/mol. The predicted octanol–water partition coefficient (Wildman–Crippen LogP) is 7.01. The second kappa shape index (κ2) is 6.26. The molecule has 0 bridgehead atoms. The van der Waals surface area contributed by atoms with Crippen LogP contribution in [0.25, 0.3) is 43.3 Å². The molecule has 0 fully saturated rings. The van der Waals surface area contributed by atoms with E-state index in [-0.39, 0.29) is 5.41 Å². The number of aromatic nitrogens is 3. The van der Waals surface area contributed by atoms with Gasteiger partial charge in [-0.1, -0.05) is 51.6 Å². The third-order valence-corrected chi connectivity index (χ3v) is 6.65. The van der Waals surface area contributed by atoms with Crippen molar-refractivity contribution in [2.24, 2.45) is 0 Å². The first-order valence-corrected chi connectivity index (χ1v) is 10.6. The molecule has 0 spiro atoms. The van der Waals surface area contributed by atoms with Crippen molar-refractivity contribution < 1.29 is 0 Å². The lowest BCUT2D eigenvalue weighted by atomic mass is 9.91. The lowest BCUT2D eigenvalue weighted by molar-refractivity contribution is 0.571. The SMILES string of the molecule is C=Cc1c(-c2c(C)nc3c4ccc(C(C)(C)C)nc4ccn23)sc2ccccc12. The van der Waals surface area contributed by atoms with Crippen LogP contribution in [0.5, 0.6) is 0 Å². The van der Waals surface area contributed by atoms with Gasteiger partial charge >= 0.3 is 0 Å². The zero-order chi connectivity index (χ0) is 20.3. The topological polar surface area (TPSA) is 30.2 Å². The number of fused-ring (bicyclic) bond motifs is 4. The van der Waals surface area contributed by atoms with Gasteiger partial charge in [0.05, 0.1) is 21.8 Å². The number of imidazole rings is 1. The van der Waals surface area contributed by atoms with Crippen LogP contribution >= 0.6 is 11.3 Å². The van der Waals surface area contributed by atoms with Crippen molar-refractivity contribution in [3.8, 4) is 10.6 Å². The molecule has 0 radical (unpaired) electrons. The number of hydrogen-bond donors (Lipinski definition) is 0. The molecule has 0 saturated heterocycles. The summed E-state index contributed by atoms with van der Waals surface area (Å²) in [4.78, 5) is 11.1. The molecule has 5 rings (SSSR count). The van der Waals surface area contributed by atoms with E-state index in [0.717, 1.165) is 33.6 Å². The molecule has 4 heterocycles. The molecular weight excluding hydrogens is 374 g/mol. The van der Waals surface area contributed by atoms with Crippen LogP contribution in [-0.4, -0.2) is 14.4 Å². The van der Waals surface area contributed by atoms with Crippen molar-refractivity contribution in [1.82, 2.24) is 14.4 Å². The summed E-state index contributed by atoms with van der Waals surface area (Å²) in [7, 11) is 0. The van der Waals surface area contributed by atoms with Crippen molar-refractivity contribution in [2.45, 2.75) is 33.1 Å². The Morgan fingerprint density at radius 1 is 1.00 bits per heavy atom. The zero-order valence-electron chi connectivity index (χ0n) is 17.2. The lowest BCUT2D eigenvalue weighted by Gasteiger charge is -2.18. The summed E-state index contributed by atoms with van der Waals surface area (Å²) in [6.07, 6.45) is 4.06. The van der Waals surface area contributed by atoms with Gasteiger partial charge < -0.3 is 0 Å². The van der Waals surface area contributed by atoms with Crippen LogP contribution < -0.4 is 0 Å². The molecule has 0 amide bonds. The van der Waals surface area contributed by atoms with E-state index in [4.69, 9.17) is 9.97 Å². The standard InChI is InChI=1S/C25H23N3S/c1-6-16-17-9-7-8-10-20(17)29-23(16)22-15(2)26-24-18-11-12-21(25(3,4)5)27-19(18)13-14-28(22)24/h6-14H,1H2,2-5H3. The van der Waals surface area contributed by atoms with Gasteiger partial charge in [0.15, 0.2) is 0 Å². The van der Waals surface area contributed by atoms with Crippen LogP contribution in [-0.2, 0) is 5.41 Å². The first kappa shape index (κ1) is 18.1. The average Bonchev–Trinajstić information content (AvgIpc) is 3.22. The Bertz CT molecular complexity index is 1410. The molecule has 0 aliphatic heterocycles. The Morgan fingerprint density at radius 3 is 2.55 bits per heavy atom. The highest BCUT2D eigenvalue weighted by molar-refractivity contribution is 7.22. The predicted molar refractivity (Wildman–Crippen MR) is 125 cm³/mol. The monoisotopic (exact) mass is 397 g/mol. The van der Waals surface area contributed by atoms with Crippen LogP contribution in [0.15, 0.2) is 55.2 Å². The van der Waals surface area contributed by atoms with E-state index in [1.165, 1.54) is 20.5 Å². The smallest absolute Gasteiger partial charge is 0.147 e. The lowest BCUT2D eigenvalue weighted by Crippen LogP contribution is -2.13. The van der Waals surface area contributed by atoms with Crippen molar-refractivity contribution >= 4 is 44.0 Å². The largest absolute Gasteiger partial charge is 0.298 e. The summed E-state index contributed by atoms with van der Waals surface area (Å²) in [5, 5.41) is 2.32. The fourth-order valence-corrected chi connectivity index (χ4v) is 5.25. The number of rotatable bonds is 2. The van der Waals surface area contributed by atoms with Gasteiger partial charge in [-0.2, -0.15) is 0 Å². The van der Waals surface area contributed by atoms with Gasteiger partial charge in [0.25, 0.3) is 0 Å². The van der Waals surface area contributed by atoms with Crippen LogP contribution in [0.1, 0.15) is 37.7 Å². The van der Waals surface area contributed by atoms with E-state index in [9.17, 15) is 0 Å². The van der Waals surface area contributed by atoms with Gasteiger partial charge in [-0.25, -0.2) is 4.98 Å². The molecule has 0 aliphatic rings. The molecule has 0 atom stereocenters. The van der Waals surface area contributed by atoms with Gasteiger partial charge in [0.2, 0.25) is 0 Å². The molecule has 1 aromatic carbocycles. The normalized spacial score (nSPS) is 12.3. The van der Waals surface area contributed by atoms with E-state index in [2.05, 4.69) is 87.3 Å². The van der Waals surface area contributed by atoms with E-state index < -0.39 is 0 Å². The van der Waals surface area contributed by atoms with Crippen molar-refractivity contribution in [3.05, 3.63) is 72.2 Å². The fraction of sp³-hybridized carbons (Fsp3) is 0.200. The van der Waals surface area contributed by atoms with Gasteiger partial charge in [0, 0.05) is 38.3 Å². The maximum Gasteiger partial charge on any atom is 0.147 e. The van der Waals surface area contributed by atoms with E-state index in [1.807, 2.05) is 6.08 Å². The van der Waals surface area contributed by atoms with Gasteiger partial charge in [-0.3, -0.25) is 9.38 Å². The molecule has 4 aromatic heterocycles. The van der Waals surface area contributed by atoms with Crippen molar-refractivity contribution in [2.75, 3.05) is 0 Å². The number of hydrogen-bond acceptors (Lipinski definition) is 3. The number of nitrogens with zero attached hydrogens (tertiary/aromatic N) is 3. The molecule has 0 aliphatic carbocycles. The molecule has 3 nitrogen and oxygen atoms in total. The maximum atomic E-state index is 4.95. The third kappa shape index (κ3) is 2.70. The van der Waals surface area contributed by atoms with Crippen LogP contribution in [0, 0.1) is 6.92 Å². The molecule has 0 N–H and O–H groups in total. The molecule has 144 valence electrons. The quantitative estimate of drug-likeness (QED) is 0.320. The van der Waals surface area contributed by atoms with Gasteiger partial charge in [0.1, 0.15) is 5.65 Å². The highest BCUT2D eigenvalue weighted by Crippen LogP contribution is 2.41. The van der Waals surface area contributed by atoms with Crippen LogP contribution in [0.2, 0.25) is 0 Å². The Hall–Kier alpha value is -2.98.